The van der Waals surface area contributed by atoms with E-state index in [-0.39, 0.29) is 12.2 Å². The highest BCUT2D eigenvalue weighted by Crippen LogP contribution is 2.33. The van der Waals surface area contributed by atoms with E-state index in [9.17, 15) is 4.79 Å². The summed E-state index contributed by atoms with van der Waals surface area (Å²) in [7, 11) is 0. The average molecular weight is 471 g/mol. The Hall–Kier alpha value is -3.34. The van der Waals surface area contributed by atoms with Gasteiger partial charge in [-0.2, -0.15) is 0 Å². The van der Waals surface area contributed by atoms with Crippen LogP contribution in [-0.2, 0) is 0 Å². The van der Waals surface area contributed by atoms with Crippen molar-refractivity contribution in [2.75, 3.05) is 10.6 Å². The van der Waals surface area contributed by atoms with Crippen molar-refractivity contribution in [2.24, 2.45) is 5.92 Å². The maximum atomic E-state index is 13.3. The van der Waals surface area contributed by atoms with E-state index >= 15 is 0 Å². The zero-order chi connectivity index (χ0) is 24.8. The minimum Gasteiger partial charge on any atom is -0.365 e. The van der Waals surface area contributed by atoms with Gasteiger partial charge in [-0.25, -0.2) is 4.79 Å². The number of nitrogens with zero attached hydrogens (tertiary/aromatic N) is 1. The van der Waals surface area contributed by atoms with Crippen LogP contribution in [0.25, 0.3) is 11.1 Å². The number of pyridine rings is 1. The maximum absolute atomic E-state index is 13.3. The van der Waals surface area contributed by atoms with E-state index in [1.54, 1.807) is 0 Å². The van der Waals surface area contributed by atoms with Gasteiger partial charge >= 0.3 is 6.03 Å². The molecule has 0 saturated heterocycles. The van der Waals surface area contributed by atoms with Crippen LogP contribution >= 0.6 is 0 Å². The third-order valence-corrected chi connectivity index (χ3v) is 6.99. The Morgan fingerprint density at radius 1 is 0.829 bits per heavy atom. The lowest BCUT2D eigenvalue weighted by atomic mass is 9.93. The first kappa shape index (κ1) is 24.8. The minimum absolute atomic E-state index is 0.127. The third-order valence-electron chi connectivity index (χ3n) is 6.99. The van der Waals surface area contributed by atoms with E-state index in [4.69, 9.17) is 0 Å². The second-order valence-electron chi connectivity index (χ2n) is 10.2. The molecule has 5 nitrogen and oxygen atoms in total. The van der Waals surface area contributed by atoms with E-state index in [1.165, 1.54) is 24.0 Å². The molecule has 35 heavy (non-hydrogen) atoms. The molecule has 2 aromatic carbocycles. The van der Waals surface area contributed by atoms with Crippen molar-refractivity contribution in [1.29, 1.82) is 0 Å². The molecule has 3 aromatic rings. The second kappa shape index (κ2) is 11.4. The van der Waals surface area contributed by atoms with Gasteiger partial charge in [-0.05, 0) is 77.1 Å². The minimum atomic E-state index is -0.155. The van der Waals surface area contributed by atoms with Gasteiger partial charge in [-0.3, -0.25) is 4.98 Å². The Morgan fingerprint density at radius 3 is 1.97 bits per heavy atom. The van der Waals surface area contributed by atoms with Crippen molar-refractivity contribution in [2.45, 2.75) is 71.4 Å². The van der Waals surface area contributed by atoms with Crippen LogP contribution in [0, 0.1) is 5.92 Å². The Balaban J connectivity index is 1.50. The number of nitrogens with one attached hydrogen (secondary N) is 3. The Bertz CT molecular complexity index is 1080. The highest BCUT2D eigenvalue weighted by Gasteiger charge is 2.27. The number of carbonyl (C=O) groups excluding carboxylic acids is 1. The number of benzene rings is 2. The molecule has 5 heteroatoms. The van der Waals surface area contributed by atoms with E-state index in [0.29, 0.717) is 17.8 Å². The number of rotatable bonds is 8. The molecular weight excluding hydrogens is 432 g/mol. The normalized spacial score (nSPS) is 14.8. The topological polar surface area (TPSA) is 66.1 Å². The van der Waals surface area contributed by atoms with Crippen molar-refractivity contribution >= 4 is 17.4 Å². The molecule has 1 aliphatic carbocycles. The molecule has 3 N–H and O–H groups in total. The Labute approximate surface area is 209 Å². The monoisotopic (exact) mass is 470 g/mol. The summed E-state index contributed by atoms with van der Waals surface area (Å²) in [5, 5.41) is 10.1. The molecule has 0 radical (unpaired) electrons. The summed E-state index contributed by atoms with van der Waals surface area (Å²) in [6.07, 6.45) is 8.14. The maximum Gasteiger partial charge on any atom is 0.320 e. The van der Waals surface area contributed by atoms with Crippen molar-refractivity contribution < 1.29 is 4.79 Å². The number of urea groups is 1. The van der Waals surface area contributed by atoms with Gasteiger partial charge in [0.05, 0.1) is 0 Å². The van der Waals surface area contributed by atoms with Gasteiger partial charge in [-0.1, -0.05) is 70.9 Å². The Kier molecular flexibility index (Phi) is 8.06. The summed E-state index contributed by atoms with van der Waals surface area (Å²) < 4.78 is 0. The molecule has 1 aliphatic rings. The van der Waals surface area contributed by atoms with Crippen LogP contribution in [0.4, 0.5) is 16.2 Å². The highest BCUT2D eigenvalue weighted by molar-refractivity contribution is 5.91. The molecule has 1 aromatic heterocycles. The molecule has 1 fully saturated rings. The molecule has 1 saturated carbocycles. The summed E-state index contributed by atoms with van der Waals surface area (Å²) in [6.45, 7) is 8.67. The lowest BCUT2D eigenvalue weighted by Crippen LogP contribution is -2.47. The van der Waals surface area contributed by atoms with Crippen LogP contribution in [0.1, 0.15) is 76.3 Å². The van der Waals surface area contributed by atoms with E-state index < -0.39 is 0 Å². The smallest absolute Gasteiger partial charge is 0.320 e. The van der Waals surface area contributed by atoms with Gasteiger partial charge in [0.15, 0.2) is 0 Å². The van der Waals surface area contributed by atoms with Gasteiger partial charge in [0.2, 0.25) is 0 Å². The van der Waals surface area contributed by atoms with Gasteiger partial charge in [0.1, 0.15) is 6.17 Å². The molecule has 184 valence electrons. The molecule has 0 bridgehead atoms. The summed E-state index contributed by atoms with van der Waals surface area (Å²) in [6, 6.07) is 18.6. The number of para-hydroxylation sites is 1. The molecular formula is C30H38N4O. The number of hydrogen-bond donors (Lipinski definition) is 3. The first-order chi connectivity index (χ1) is 16.9. The molecule has 0 aliphatic heterocycles. The lowest BCUT2D eigenvalue weighted by Gasteiger charge is -2.28. The first-order valence-electron chi connectivity index (χ1n) is 12.9. The molecule has 4 rings (SSSR count). The Morgan fingerprint density at radius 2 is 1.40 bits per heavy atom. The molecule has 1 unspecified atom stereocenters. The third kappa shape index (κ3) is 6.21. The van der Waals surface area contributed by atoms with Crippen LogP contribution in [0.5, 0.6) is 0 Å². The predicted molar refractivity (Wildman–Crippen MR) is 146 cm³/mol. The molecule has 2 amide bonds. The SMILES string of the molecule is CC(C)c1cccc(C(C)C)c1NC(=O)NC(Nc1ccc(-c2ccncc2)cc1)C1CCCC1. The van der Waals surface area contributed by atoms with Gasteiger partial charge in [-0.15, -0.1) is 0 Å². The van der Waals surface area contributed by atoms with Crippen LogP contribution in [0.15, 0.2) is 67.0 Å². The fraction of sp³-hybridized carbons (Fsp3) is 0.400. The van der Waals surface area contributed by atoms with Crippen LogP contribution in [0.3, 0.4) is 0 Å². The number of carbonyl (C=O) groups is 1. The lowest BCUT2D eigenvalue weighted by molar-refractivity contribution is 0.245. The van der Waals surface area contributed by atoms with E-state index in [2.05, 4.69) is 91.1 Å². The van der Waals surface area contributed by atoms with E-state index in [0.717, 1.165) is 35.3 Å². The highest BCUT2D eigenvalue weighted by atomic mass is 16.2. The van der Waals surface area contributed by atoms with Crippen molar-refractivity contribution in [3.8, 4) is 11.1 Å². The predicted octanol–water partition coefficient (Wildman–Crippen LogP) is 7.75. The van der Waals surface area contributed by atoms with Crippen LogP contribution < -0.4 is 16.0 Å². The van der Waals surface area contributed by atoms with Crippen molar-refractivity contribution in [1.82, 2.24) is 10.3 Å². The second-order valence-corrected chi connectivity index (χ2v) is 10.2. The molecule has 1 heterocycles. The number of amides is 2. The summed E-state index contributed by atoms with van der Waals surface area (Å²) in [4.78, 5) is 17.4. The van der Waals surface area contributed by atoms with Crippen LogP contribution in [-0.4, -0.2) is 17.2 Å². The fourth-order valence-corrected chi connectivity index (χ4v) is 5.03. The molecule has 0 spiro atoms. The fourth-order valence-electron chi connectivity index (χ4n) is 5.03. The van der Waals surface area contributed by atoms with Gasteiger partial charge in [0, 0.05) is 23.8 Å². The quantitative estimate of drug-likeness (QED) is 0.295. The summed E-state index contributed by atoms with van der Waals surface area (Å²) in [5.74, 6) is 1.06. The van der Waals surface area contributed by atoms with Gasteiger partial charge < -0.3 is 16.0 Å². The van der Waals surface area contributed by atoms with E-state index in [1.807, 2.05) is 24.5 Å². The van der Waals surface area contributed by atoms with Crippen molar-refractivity contribution in [3.05, 3.63) is 78.1 Å². The van der Waals surface area contributed by atoms with Gasteiger partial charge in [0.25, 0.3) is 0 Å². The zero-order valence-electron chi connectivity index (χ0n) is 21.3. The molecule has 1 atom stereocenters. The largest absolute Gasteiger partial charge is 0.365 e. The summed E-state index contributed by atoms with van der Waals surface area (Å²) in [5.41, 5.74) is 6.58. The summed E-state index contributed by atoms with van der Waals surface area (Å²) >= 11 is 0. The zero-order valence-corrected chi connectivity index (χ0v) is 21.3. The number of anilines is 2. The first-order valence-corrected chi connectivity index (χ1v) is 12.9. The van der Waals surface area contributed by atoms with Crippen LogP contribution in [0.2, 0.25) is 0 Å². The number of hydrogen-bond acceptors (Lipinski definition) is 3. The number of aromatic nitrogens is 1. The van der Waals surface area contributed by atoms with Crippen molar-refractivity contribution in [3.63, 3.8) is 0 Å². The standard InChI is InChI=1S/C30H38N4O/c1-20(2)26-10-7-11-27(21(3)4)28(26)33-30(35)34-29(24-8-5-6-9-24)32-25-14-12-22(13-15-25)23-16-18-31-19-17-23/h7,10-21,24,29,32H,5-6,8-9H2,1-4H3,(H2,33,34,35). The average Bonchev–Trinajstić information content (AvgIpc) is 3.39.